The fraction of sp³-hybridized carbons (Fsp3) is 0.211. The predicted octanol–water partition coefficient (Wildman–Crippen LogP) is 4.48. The first-order valence-electron chi connectivity index (χ1n) is 8.51. The van der Waals surface area contributed by atoms with Crippen molar-refractivity contribution in [1.82, 2.24) is 9.29 Å². The lowest BCUT2D eigenvalue weighted by Crippen LogP contribution is -2.32. The summed E-state index contributed by atoms with van der Waals surface area (Å²) >= 11 is 1.53. The molecule has 0 aliphatic heterocycles. The van der Waals surface area contributed by atoms with Gasteiger partial charge in [0.05, 0.1) is 4.90 Å². The van der Waals surface area contributed by atoms with E-state index in [0.717, 1.165) is 29.1 Å². The van der Waals surface area contributed by atoms with E-state index in [1.165, 1.54) is 15.6 Å². The Balaban J connectivity index is 1.83. The fourth-order valence-electron chi connectivity index (χ4n) is 2.63. The quantitative estimate of drug-likeness (QED) is 0.516. The zero-order valence-electron chi connectivity index (χ0n) is 15.0. The van der Waals surface area contributed by atoms with E-state index in [-0.39, 0.29) is 18.0 Å². The third-order valence-corrected chi connectivity index (χ3v) is 6.76. The maximum Gasteiger partial charge on any atom is 0.573 e. The number of alkyl halides is 3. The molecule has 29 heavy (non-hydrogen) atoms. The van der Waals surface area contributed by atoms with Gasteiger partial charge in [-0.15, -0.1) is 24.5 Å². The zero-order valence-corrected chi connectivity index (χ0v) is 16.7. The van der Waals surface area contributed by atoms with Crippen LogP contribution < -0.4 is 4.74 Å². The highest BCUT2D eigenvalue weighted by atomic mass is 32.2. The second-order valence-electron chi connectivity index (χ2n) is 6.05. The lowest BCUT2D eigenvalue weighted by atomic mass is 10.3. The van der Waals surface area contributed by atoms with E-state index < -0.39 is 22.1 Å². The number of sulfonamides is 1. The number of rotatable bonds is 8. The van der Waals surface area contributed by atoms with Gasteiger partial charge in [-0.1, -0.05) is 12.1 Å². The van der Waals surface area contributed by atoms with Crippen LogP contribution in [-0.4, -0.2) is 30.6 Å². The molecule has 3 rings (SSSR count). The molecule has 0 bridgehead atoms. The Kier molecular flexibility index (Phi) is 6.56. The van der Waals surface area contributed by atoms with Crippen molar-refractivity contribution in [2.24, 2.45) is 0 Å². The molecule has 154 valence electrons. The highest BCUT2D eigenvalue weighted by Crippen LogP contribution is 2.26. The van der Waals surface area contributed by atoms with Crippen LogP contribution in [0.5, 0.6) is 5.75 Å². The molecule has 10 heteroatoms. The molecule has 2 aromatic heterocycles. The highest BCUT2D eigenvalue weighted by Gasteiger charge is 2.31. The van der Waals surface area contributed by atoms with Crippen LogP contribution >= 0.6 is 11.3 Å². The molecule has 5 nitrogen and oxygen atoms in total. The first-order chi connectivity index (χ1) is 13.7. The average molecular weight is 442 g/mol. The van der Waals surface area contributed by atoms with Gasteiger partial charge < -0.3 is 4.74 Å². The second kappa shape index (κ2) is 8.93. The lowest BCUT2D eigenvalue weighted by Gasteiger charge is -2.22. The van der Waals surface area contributed by atoms with Crippen LogP contribution in [-0.2, 0) is 23.0 Å². The van der Waals surface area contributed by atoms with Crippen LogP contribution in [0.1, 0.15) is 10.4 Å². The monoisotopic (exact) mass is 442 g/mol. The van der Waals surface area contributed by atoms with E-state index >= 15 is 0 Å². The Morgan fingerprint density at radius 3 is 2.41 bits per heavy atom. The van der Waals surface area contributed by atoms with Crippen molar-refractivity contribution in [3.05, 3.63) is 76.7 Å². The van der Waals surface area contributed by atoms with Gasteiger partial charge in [-0.3, -0.25) is 4.98 Å². The Morgan fingerprint density at radius 2 is 1.83 bits per heavy atom. The van der Waals surface area contributed by atoms with Gasteiger partial charge in [-0.05, 0) is 53.8 Å². The number of aromatic nitrogens is 1. The molecular weight excluding hydrogens is 425 g/mol. The number of thiophene rings is 1. The summed E-state index contributed by atoms with van der Waals surface area (Å²) in [6.45, 7) is 0.320. The SMILES string of the molecule is O=S(=O)(c1ccc(OC(F)(F)F)cc1)N(CCc1cccs1)Cc1cccnc1. The molecular formula is C19H17F3N2O3S2. The standard InChI is InChI=1S/C19H17F3N2O3S2/c20-19(21,22)27-16-5-7-18(8-6-16)29(25,26)24(11-9-17-4-2-12-28-17)14-15-3-1-10-23-13-15/h1-8,10,12-13H,9,11,14H2. The minimum Gasteiger partial charge on any atom is -0.406 e. The molecule has 0 unspecified atom stereocenters. The summed E-state index contributed by atoms with van der Waals surface area (Å²) in [4.78, 5) is 4.93. The third kappa shape index (κ3) is 6.02. The van der Waals surface area contributed by atoms with E-state index in [4.69, 9.17) is 0 Å². The second-order valence-corrected chi connectivity index (χ2v) is 9.02. The lowest BCUT2D eigenvalue weighted by molar-refractivity contribution is -0.274. The predicted molar refractivity (Wildman–Crippen MR) is 103 cm³/mol. The van der Waals surface area contributed by atoms with E-state index in [2.05, 4.69) is 9.72 Å². The summed E-state index contributed by atoms with van der Waals surface area (Å²) in [5.74, 6) is -0.478. The molecule has 0 fully saturated rings. The van der Waals surface area contributed by atoms with Crippen molar-refractivity contribution in [3.8, 4) is 5.75 Å². The van der Waals surface area contributed by atoms with Crippen LogP contribution in [0.4, 0.5) is 13.2 Å². The summed E-state index contributed by atoms with van der Waals surface area (Å²) in [6, 6.07) is 11.5. The largest absolute Gasteiger partial charge is 0.573 e. The van der Waals surface area contributed by atoms with E-state index in [1.807, 2.05) is 17.5 Å². The van der Waals surface area contributed by atoms with E-state index in [1.54, 1.807) is 24.5 Å². The van der Waals surface area contributed by atoms with Crippen molar-refractivity contribution >= 4 is 21.4 Å². The Labute approximate surface area is 170 Å². The minimum absolute atomic E-state index is 0.0996. The van der Waals surface area contributed by atoms with Gasteiger partial charge in [-0.25, -0.2) is 8.42 Å². The van der Waals surface area contributed by atoms with Crippen molar-refractivity contribution in [3.63, 3.8) is 0 Å². The van der Waals surface area contributed by atoms with Gasteiger partial charge in [0.15, 0.2) is 0 Å². The van der Waals surface area contributed by atoms with Gasteiger partial charge >= 0.3 is 6.36 Å². The van der Waals surface area contributed by atoms with Crippen LogP contribution in [0.3, 0.4) is 0 Å². The first-order valence-corrected chi connectivity index (χ1v) is 10.8. The molecule has 2 heterocycles. The topological polar surface area (TPSA) is 59.5 Å². The number of hydrogen-bond donors (Lipinski definition) is 0. The Morgan fingerprint density at radius 1 is 1.07 bits per heavy atom. The minimum atomic E-state index is -4.84. The van der Waals surface area contributed by atoms with E-state index in [0.29, 0.717) is 12.0 Å². The molecule has 0 amide bonds. The zero-order chi connectivity index (χ0) is 20.9. The number of benzene rings is 1. The summed E-state index contributed by atoms with van der Waals surface area (Å²) in [5, 5.41) is 1.91. The van der Waals surface area contributed by atoms with Crippen LogP contribution in [0.25, 0.3) is 0 Å². The number of nitrogens with zero attached hydrogens (tertiary/aromatic N) is 2. The van der Waals surface area contributed by atoms with Gasteiger partial charge in [0.25, 0.3) is 0 Å². The summed E-state index contributed by atoms with van der Waals surface area (Å²) < 4.78 is 68.4. The Bertz CT molecular complexity index is 1010. The molecule has 0 aliphatic rings. The van der Waals surface area contributed by atoms with Crippen molar-refractivity contribution in [2.45, 2.75) is 24.2 Å². The smallest absolute Gasteiger partial charge is 0.406 e. The fourth-order valence-corrected chi connectivity index (χ4v) is 4.76. The molecule has 0 radical (unpaired) electrons. The van der Waals surface area contributed by atoms with Crippen LogP contribution in [0.15, 0.2) is 71.2 Å². The molecule has 1 aromatic carbocycles. The Hall–Kier alpha value is -2.43. The van der Waals surface area contributed by atoms with Crippen molar-refractivity contribution < 1.29 is 26.3 Å². The molecule has 0 atom stereocenters. The normalized spacial score (nSPS) is 12.3. The maximum atomic E-state index is 13.1. The van der Waals surface area contributed by atoms with Gasteiger partial charge in [0.2, 0.25) is 10.0 Å². The van der Waals surface area contributed by atoms with Crippen molar-refractivity contribution in [1.29, 1.82) is 0 Å². The highest BCUT2D eigenvalue weighted by molar-refractivity contribution is 7.89. The van der Waals surface area contributed by atoms with E-state index in [9.17, 15) is 21.6 Å². The van der Waals surface area contributed by atoms with Crippen molar-refractivity contribution in [2.75, 3.05) is 6.54 Å². The number of pyridine rings is 1. The number of ether oxygens (including phenoxy) is 1. The van der Waals surface area contributed by atoms with Gasteiger partial charge in [0, 0.05) is 30.4 Å². The van der Waals surface area contributed by atoms with Gasteiger partial charge in [0.1, 0.15) is 5.75 Å². The molecule has 0 N–H and O–H groups in total. The van der Waals surface area contributed by atoms with Gasteiger partial charge in [-0.2, -0.15) is 4.31 Å². The number of halogens is 3. The third-order valence-electron chi connectivity index (χ3n) is 3.96. The maximum absolute atomic E-state index is 13.1. The summed E-state index contributed by atoms with van der Waals surface area (Å²) in [6.07, 6.45) is -1.15. The molecule has 0 aliphatic carbocycles. The molecule has 3 aromatic rings. The first kappa shape index (κ1) is 21.3. The number of hydrogen-bond acceptors (Lipinski definition) is 5. The molecule has 0 saturated heterocycles. The summed E-state index contributed by atoms with van der Waals surface area (Å²) in [7, 11) is -3.94. The molecule has 0 saturated carbocycles. The molecule has 0 spiro atoms. The van der Waals surface area contributed by atoms with Crippen LogP contribution in [0.2, 0.25) is 0 Å². The summed E-state index contributed by atoms with van der Waals surface area (Å²) in [5.41, 5.74) is 0.708. The van der Waals surface area contributed by atoms with Crippen LogP contribution in [0, 0.1) is 0 Å². The average Bonchev–Trinajstić information content (AvgIpc) is 3.18.